The summed E-state index contributed by atoms with van der Waals surface area (Å²) in [7, 11) is 3.25. The molecule has 0 spiro atoms. The molecule has 3 N–H and O–H groups in total. The zero-order chi connectivity index (χ0) is 17.1. The Labute approximate surface area is 146 Å². The molecule has 1 aliphatic heterocycles. The average Bonchev–Trinajstić information content (AvgIpc) is 2.60. The van der Waals surface area contributed by atoms with Crippen LogP contribution < -0.4 is 20.5 Å². The van der Waals surface area contributed by atoms with Gasteiger partial charge in [-0.1, -0.05) is 29.8 Å². The molecular weight excluding hydrogens is 326 g/mol. The number of guanidine groups is 1. The highest BCUT2D eigenvalue weighted by Crippen LogP contribution is 2.36. The molecule has 1 aliphatic rings. The summed E-state index contributed by atoms with van der Waals surface area (Å²) in [5.74, 6) is 1.81. The van der Waals surface area contributed by atoms with Crippen molar-refractivity contribution < 1.29 is 9.47 Å². The second kappa shape index (κ2) is 7.01. The van der Waals surface area contributed by atoms with Crippen molar-refractivity contribution in [3.63, 3.8) is 0 Å². The van der Waals surface area contributed by atoms with E-state index in [0.717, 1.165) is 17.5 Å². The Kier molecular flexibility index (Phi) is 4.81. The first-order valence-electron chi connectivity index (χ1n) is 7.68. The summed E-state index contributed by atoms with van der Waals surface area (Å²) in [6.07, 6.45) is 0.774. The van der Waals surface area contributed by atoms with Gasteiger partial charge >= 0.3 is 0 Å². The number of rotatable bonds is 4. The molecule has 0 amide bonds. The summed E-state index contributed by atoms with van der Waals surface area (Å²) >= 11 is 6.10. The van der Waals surface area contributed by atoms with Crippen LogP contribution in [-0.4, -0.2) is 20.2 Å². The first kappa shape index (κ1) is 16.5. The smallest absolute Gasteiger partial charge is 0.189 e. The number of nitrogens with one attached hydrogen (secondary N) is 1. The van der Waals surface area contributed by atoms with E-state index < -0.39 is 0 Å². The van der Waals surface area contributed by atoms with Gasteiger partial charge in [-0.15, -0.1) is 0 Å². The third kappa shape index (κ3) is 3.41. The van der Waals surface area contributed by atoms with Crippen LogP contribution in [0.4, 0.5) is 0 Å². The Balaban J connectivity index is 1.89. The molecule has 0 fully saturated rings. The third-order valence-electron chi connectivity index (χ3n) is 4.12. The lowest BCUT2D eigenvalue weighted by atomic mass is 9.93. The number of methoxy groups -OCH3 is 2. The van der Waals surface area contributed by atoms with Crippen molar-refractivity contribution in [2.75, 3.05) is 14.2 Å². The van der Waals surface area contributed by atoms with Gasteiger partial charge in [0.05, 0.1) is 26.3 Å². The summed E-state index contributed by atoms with van der Waals surface area (Å²) < 4.78 is 10.7. The van der Waals surface area contributed by atoms with Crippen LogP contribution in [0.15, 0.2) is 47.5 Å². The van der Waals surface area contributed by atoms with E-state index in [0.29, 0.717) is 22.5 Å². The average molecular weight is 346 g/mol. The molecule has 0 aromatic heterocycles. The third-order valence-corrected chi connectivity index (χ3v) is 4.35. The Morgan fingerprint density at radius 1 is 1.08 bits per heavy atom. The van der Waals surface area contributed by atoms with Crippen molar-refractivity contribution in [2.45, 2.75) is 18.5 Å². The first-order valence-corrected chi connectivity index (χ1v) is 8.05. The van der Waals surface area contributed by atoms with Crippen LogP contribution in [0.3, 0.4) is 0 Å². The molecule has 1 heterocycles. The van der Waals surface area contributed by atoms with E-state index in [1.165, 1.54) is 0 Å². The first-order chi connectivity index (χ1) is 11.6. The van der Waals surface area contributed by atoms with Crippen LogP contribution in [-0.2, 0) is 0 Å². The minimum Gasteiger partial charge on any atom is -0.493 e. The van der Waals surface area contributed by atoms with Crippen LogP contribution in [0.5, 0.6) is 11.5 Å². The summed E-state index contributed by atoms with van der Waals surface area (Å²) in [5.41, 5.74) is 8.13. The Morgan fingerprint density at radius 2 is 1.88 bits per heavy atom. The summed E-state index contributed by atoms with van der Waals surface area (Å²) in [5, 5.41) is 3.93. The number of nitrogens with two attached hydrogens (primary N) is 1. The van der Waals surface area contributed by atoms with E-state index in [2.05, 4.69) is 10.3 Å². The summed E-state index contributed by atoms with van der Waals surface area (Å²) in [6.45, 7) is 0. The van der Waals surface area contributed by atoms with E-state index in [1.54, 1.807) is 14.2 Å². The number of hydrogen-bond acceptors (Lipinski definition) is 5. The molecule has 0 saturated heterocycles. The van der Waals surface area contributed by atoms with Gasteiger partial charge in [0, 0.05) is 5.02 Å². The monoisotopic (exact) mass is 345 g/mol. The molecule has 6 heteroatoms. The zero-order valence-electron chi connectivity index (χ0n) is 13.6. The van der Waals surface area contributed by atoms with Gasteiger partial charge in [0.2, 0.25) is 0 Å². The topological polar surface area (TPSA) is 68.9 Å². The number of benzene rings is 2. The molecule has 2 unspecified atom stereocenters. The van der Waals surface area contributed by atoms with Crippen LogP contribution in [0.1, 0.15) is 29.6 Å². The predicted molar refractivity (Wildman–Crippen MR) is 95.9 cm³/mol. The lowest BCUT2D eigenvalue weighted by Crippen LogP contribution is -2.39. The van der Waals surface area contributed by atoms with Crippen molar-refractivity contribution in [1.82, 2.24) is 5.32 Å². The van der Waals surface area contributed by atoms with Crippen LogP contribution >= 0.6 is 11.6 Å². The number of halogens is 1. The fourth-order valence-corrected chi connectivity index (χ4v) is 3.13. The van der Waals surface area contributed by atoms with Gasteiger partial charge in [0.15, 0.2) is 17.5 Å². The number of aliphatic imine (C=N–C) groups is 1. The number of nitrogens with zero attached hydrogens (tertiary/aromatic N) is 1. The fraction of sp³-hybridized carbons (Fsp3) is 0.278. The fourth-order valence-electron chi connectivity index (χ4n) is 2.93. The second-order valence-corrected chi connectivity index (χ2v) is 6.07. The van der Waals surface area contributed by atoms with Crippen LogP contribution in [0.2, 0.25) is 5.02 Å². The van der Waals surface area contributed by atoms with Gasteiger partial charge in [-0.2, -0.15) is 0 Å². The molecule has 5 nitrogen and oxygen atoms in total. The van der Waals surface area contributed by atoms with Crippen molar-refractivity contribution in [3.8, 4) is 11.5 Å². The Morgan fingerprint density at radius 3 is 2.58 bits per heavy atom. The largest absolute Gasteiger partial charge is 0.493 e. The minimum atomic E-state index is -0.0388. The van der Waals surface area contributed by atoms with Gasteiger partial charge in [0.25, 0.3) is 0 Å². The quantitative estimate of drug-likeness (QED) is 0.890. The van der Waals surface area contributed by atoms with E-state index in [9.17, 15) is 0 Å². The van der Waals surface area contributed by atoms with Crippen molar-refractivity contribution in [3.05, 3.63) is 58.6 Å². The maximum Gasteiger partial charge on any atom is 0.189 e. The second-order valence-electron chi connectivity index (χ2n) is 5.63. The molecule has 0 bridgehead atoms. The molecule has 0 saturated carbocycles. The lowest BCUT2D eigenvalue weighted by Gasteiger charge is -2.29. The zero-order valence-corrected chi connectivity index (χ0v) is 14.4. The highest BCUT2D eigenvalue weighted by molar-refractivity contribution is 6.30. The van der Waals surface area contributed by atoms with Crippen LogP contribution in [0.25, 0.3) is 0 Å². The Hall–Kier alpha value is -2.40. The van der Waals surface area contributed by atoms with Gasteiger partial charge < -0.3 is 20.5 Å². The van der Waals surface area contributed by atoms with Gasteiger partial charge in [0.1, 0.15) is 0 Å². The molecule has 2 aromatic rings. The van der Waals surface area contributed by atoms with Gasteiger partial charge in [-0.25, -0.2) is 4.99 Å². The molecule has 0 radical (unpaired) electrons. The maximum atomic E-state index is 6.10. The molecule has 2 atom stereocenters. The predicted octanol–water partition coefficient (Wildman–Crippen LogP) is 3.45. The molecule has 126 valence electrons. The molecule has 3 rings (SSSR count). The normalized spacial score (nSPS) is 20.0. The van der Waals surface area contributed by atoms with E-state index in [1.807, 2.05) is 42.5 Å². The molecule has 24 heavy (non-hydrogen) atoms. The SMILES string of the molecule is COc1ccc(C2CC(c3cccc(Cl)c3)N=C(N)N2)cc1OC. The van der Waals surface area contributed by atoms with Crippen LogP contribution in [0, 0.1) is 0 Å². The standard InChI is InChI=1S/C18H20ClN3O2/c1-23-16-7-6-12(9-17(16)24-2)15-10-14(21-18(20)22-15)11-4-3-5-13(19)8-11/h3-9,14-15H,10H2,1-2H3,(H3,20,21,22). The number of hydrogen-bond donors (Lipinski definition) is 2. The van der Waals surface area contributed by atoms with Crippen molar-refractivity contribution in [1.29, 1.82) is 0 Å². The minimum absolute atomic E-state index is 0.0336. The maximum absolute atomic E-state index is 6.10. The van der Waals surface area contributed by atoms with Gasteiger partial charge in [-0.3, -0.25) is 0 Å². The summed E-state index contributed by atoms with van der Waals surface area (Å²) in [4.78, 5) is 4.51. The summed E-state index contributed by atoms with van der Waals surface area (Å²) in [6, 6.07) is 13.6. The molecular formula is C18H20ClN3O2. The van der Waals surface area contributed by atoms with Gasteiger partial charge in [-0.05, 0) is 41.8 Å². The number of ether oxygens (including phenoxy) is 2. The molecule has 2 aromatic carbocycles. The Bertz CT molecular complexity index is 764. The van der Waals surface area contributed by atoms with E-state index in [-0.39, 0.29) is 12.1 Å². The lowest BCUT2D eigenvalue weighted by molar-refractivity contribution is 0.353. The highest BCUT2D eigenvalue weighted by Gasteiger charge is 2.25. The highest BCUT2D eigenvalue weighted by atomic mass is 35.5. The van der Waals surface area contributed by atoms with Crippen molar-refractivity contribution >= 4 is 17.6 Å². The van der Waals surface area contributed by atoms with E-state index >= 15 is 0 Å². The van der Waals surface area contributed by atoms with Crippen molar-refractivity contribution in [2.24, 2.45) is 10.7 Å². The molecule has 0 aliphatic carbocycles. The van der Waals surface area contributed by atoms with E-state index in [4.69, 9.17) is 26.8 Å².